The van der Waals surface area contributed by atoms with Crippen molar-refractivity contribution in [2.75, 3.05) is 39.4 Å². The van der Waals surface area contributed by atoms with Gasteiger partial charge in [0.2, 0.25) is 0 Å². The number of carbonyl (C=O) groups excluding carboxylic acids is 1. The fourth-order valence-corrected chi connectivity index (χ4v) is 6.07. The summed E-state index contributed by atoms with van der Waals surface area (Å²) in [7, 11) is 0. The Morgan fingerprint density at radius 2 is 2.00 bits per heavy atom. The molecule has 6 nitrogen and oxygen atoms in total. The molecule has 182 valence electrons. The van der Waals surface area contributed by atoms with Crippen LogP contribution < -0.4 is 5.32 Å². The van der Waals surface area contributed by atoms with Crippen LogP contribution in [0.1, 0.15) is 20.9 Å². The number of hydrogen-bond acceptors (Lipinski definition) is 6. The van der Waals surface area contributed by atoms with E-state index in [-0.39, 0.29) is 5.91 Å². The van der Waals surface area contributed by atoms with Crippen LogP contribution in [0.2, 0.25) is 5.02 Å². The van der Waals surface area contributed by atoms with Gasteiger partial charge in [-0.1, -0.05) is 35.9 Å². The van der Waals surface area contributed by atoms with Crippen LogP contribution in [0.3, 0.4) is 0 Å². The maximum Gasteiger partial charge on any atom is 0.253 e. The summed E-state index contributed by atoms with van der Waals surface area (Å²) in [4.78, 5) is 21.6. The zero-order valence-corrected chi connectivity index (χ0v) is 21.9. The Morgan fingerprint density at radius 3 is 2.77 bits per heavy atom. The van der Waals surface area contributed by atoms with Crippen molar-refractivity contribution in [2.24, 2.45) is 0 Å². The molecule has 4 aromatic rings. The van der Waals surface area contributed by atoms with Crippen molar-refractivity contribution in [3.8, 4) is 22.0 Å². The van der Waals surface area contributed by atoms with E-state index in [2.05, 4.69) is 32.3 Å². The van der Waals surface area contributed by atoms with E-state index in [1.165, 1.54) is 4.88 Å². The van der Waals surface area contributed by atoms with E-state index >= 15 is 0 Å². The number of rotatable bonds is 8. The molecule has 1 aliphatic heterocycles. The number of benzene rings is 1. The SMILES string of the molecule is Cc1c(C(=O)NCCN2CCOCC2)cc(-c2csc(-c3ccccc3Cl)n2)n1Cc1cccs1. The zero-order valence-electron chi connectivity index (χ0n) is 19.5. The van der Waals surface area contributed by atoms with Crippen LogP contribution in [0.15, 0.2) is 53.2 Å². The molecule has 0 saturated carbocycles. The Balaban J connectivity index is 1.41. The van der Waals surface area contributed by atoms with Gasteiger partial charge in [0.1, 0.15) is 5.01 Å². The lowest BCUT2D eigenvalue weighted by Crippen LogP contribution is -2.41. The Bertz CT molecular complexity index is 1290. The highest BCUT2D eigenvalue weighted by atomic mass is 35.5. The number of nitrogens with one attached hydrogen (secondary N) is 1. The lowest BCUT2D eigenvalue weighted by molar-refractivity contribution is 0.0383. The lowest BCUT2D eigenvalue weighted by Gasteiger charge is -2.26. The number of aromatic nitrogens is 2. The molecule has 0 atom stereocenters. The normalized spacial score (nSPS) is 14.3. The molecule has 0 spiro atoms. The summed E-state index contributed by atoms with van der Waals surface area (Å²) in [5.74, 6) is -0.0523. The molecule has 1 N–H and O–H groups in total. The number of thiazole rings is 1. The third-order valence-corrected chi connectivity index (χ3v) is 8.26. The average Bonchev–Trinajstić information content (AvgIpc) is 3.62. The van der Waals surface area contributed by atoms with Gasteiger partial charge in [-0.3, -0.25) is 9.69 Å². The summed E-state index contributed by atoms with van der Waals surface area (Å²) in [5, 5.41) is 8.77. The Morgan fingerprint density at radius 1 is 1.17 bits per heavy atom. The molecule has 0 bridgehead atoms. The molecule has 3 aromatic heterocycles. The van der Waals surface area contributed by atoms with Gasteiger partial charge in [0.25, 0.3) is 5.91 Å². The number of thiophene rings is 1. The molecule has 9 heteroatoms. The number of nitrogens with zero attached hydrogens (tertiary/aromatic N) is 3. The summed E-state index contributed by atoms with van der Waals surface area (Å²) in [6, 6.07) is 13.9. The quantitative estimate of drug-likeness (QED) is 0.333. The fourth-order valence-electron chi connectivity index (χ4n) is 4.25. The van der Waals surface area contributed by atoms with Gasteiger partial charge in [-0.05, 0) is 30.5 Å². The van der Waals surface area contributed by atoms with Gasteiger partial charge < -0.3 is 14.6 Å². The predicted octanol–water partition coefficient (Wildman–Crippen LogP) is 5.41. The molecule has 4 heterocycles. The molecule has 5 rings (SSSR count). The minimum absolute atomic E-state index is 0.0523. The maximum absolute atomic E-state index is 13.2. The molecular formula is C26H27ClN4O2S2. The van der Waals surface area contributed by atoms with E-state index in [4.69, 9.17) is 21.3 Å². The smallest absolute Gasteiger partial charge is 0.253 e. The van der Waals surface area contributed by atoms with Crippen molar-refractivity contribution in [1.29, 1.82) is 0 Å². The standard InChI is InChI=1S/C26H27ClN4O2S2/c1-18-21(25(32)28-8-9-30-10-12-33-13-11-30)15-24(31(18)16-19-5-4-14-34-19)23-17-35-26(29-23)20-6-2-3-7-22(20)27/h2-7,14-15,17H,8-13,16H2,1H3,(H,28,32). The molecule has 1 amide bonds. The van der Waals surface area contributed by atoms with Crippen molar-refractivity contribution < 1.29 is 9.53 Å². The zero-order chi connectivity index (χ0) is 24.2. The molecule has 1 saturated heterocycles. The monoisotopic (exact) mass is 526 g/mol. The van der Waals surface area contributed by atoms with Crippen LogP contribution in [0.25, 0.3) is 22.0 Å². The van der Waals surface area contributed by atoms with Crippen LogP contribution in [0, 0.1) is 6.92 Å². The molecular weight excluding hydrogens is 500 g/mol. The van der Waals surface area contributed by atoms with Gasteiger partial charge >= 0.3 is 0 Å². The molecule has 1 aromatic carbocycles. The Hall–Kier alpha value is -2.49. The molecule has 0 radical (unpaired) electrons. The van der Waals surface area contributed by atoms with Crippen molar-refractivity contribution in [1.82, 2.24) is 19.8 Å². The van der Waals surface area contributed by atoms with E-state index in [0.717, 1.165) is 60.5 Å². The first-order valence-corrected chi connectivity index (χ1v) is 13.8. The summed E-state index contributed by atoms with van der Waals surface area (Å²) in [6.45, 7) is 7.47. The highest BCUT2D eigenvalue weighted by Crippen LogP contribution is 2.35. The molecule has 35 heavy (non-hydrogen) atoms. The second-order valence-electron chi connectivity index (χ2n) is 8.42. The second-order valence-corrected chi connectivity index (χ2v) is 10.7. The van der Waals surface area contributed by atoms with Crippen LogP contribution in [0.5, 0.6) is 0 Å². The topological polar surface area (TPSA) is 59.4 Å². The number of carbonyl (C=O) groups is 1. The summed E-state index contributed by atoms with van der Waals surface area (Å²) >= 11 is 9.68. The van der Waals surface area contributed by atoms with Crippen molar-refractivity contribution in [3.05, 3.63) is 74.4 Å². The van der Waals surface area contributed by atoms with E-state index in [1.54, 1.807) is 22.7 Å². The first kappa shape index (κ1) is 24.2. The molecule has 0 unspecified atom stereocenters. The van der Waals surface area contributed by atoms with Crippen molar-refractivity contribution in [2.45, 2.75) is 13.5 Å². The van der Waals surface area contributed by atoms with E-state index < -0.39 is 0 Å². The number of ether oxygens (including phenoxy) is 1. The van der Waals surface area contributed by atoms with Gasteiger partial charge in [-0.15, -0.1) is 22.7 Å². The minimum Gasteiger partial charge on any atom is -0.379 e. The van der Waals surface area contributed by atoms with Crippen molar-refractivity contribution in [3.63, 3.8) is 0 Å². The van der Waals surface area contributed by atoms with Crippen molar-refractivity contribution >= 4 is 40.2 Å². The van der Waals surface area contributed by atoms with E-state index in [9.17, 15) is 4.79 Å². The largest absolute Gasteiger partial charge is 0.379 e. The van der Waals surface area contributed by atoms with Gasteiger partial charge in [-0.2, -0.15) is 0 Å². The van der Waals surface area contributed by atoms with Crippen LogP contribution in [0.4, 0.5) is 0 Å². The first-order valence-electron chi connectivity index (χ1n) is 11.6. The summed E-state index contributed by atoms with van der Waals surface area (Å²) < 4.78 is 7.59. The fraction of sp³-hybridized carbons (Fsp3) is 0.308. The van der Waals surface area contributed by atoms with E-state index in [1.807, 2.05) is 42.6 Å². The van der Waals surface area contributed by atoms with Gasteiger partial charge in [0.15, 0.2) is 0 Å². The third kappa shape index (κ3) is 5.52. The van der Waals surface area contributed by atoms with Crippen LogP contribution >= 0.6 is 34.3 Å². The average molecular weight is 527 g/mol. The number of morpholine rings is 1. The minimum atomic E-state index is -0.0523. The highest BCUT2D eigenvalue weighted by Gasteiger charge is 2.21. The summed E-state index contributed by atoms with van der Waals surface area (Å²) in [5.41, 5.74) is 4.32. The van der Waals surface area contributed by atoms with Crippen LogP contribution in [-0.2, 0) is 11.3 Å². The number of amides is 1. The molecule has 1 aliphatic rings. The highest BCUT2D eigenvalue weighted by molar-refractivity contribution is 7.13. The number of hydrogen-bond donors (Lipinski definition) is 1. The van der Waals surface area contributed by atoms with Gasteiger partial charge in [0, 0.05) is 47.7 Å². The summed E-state index contributed by atoms with van der Waals surface area (Å²) in [6.07, 6.45) is 0. The molecule has 1 fully saturated rings. The van der Waals surface area contributed by atoms with E-state index in [0.29, 0.717) is 23.7 Å². The molecule has 0 aliphatic carbocycles. The maximum atomic E-state index is 13.2. The predicted molar refractivity (Wildman–Crippen MR) is 144 cm³/mol. The van der Waals surface area contributed by atoms with Gasteiger partial charge in [-0.25, -0.2) is 4.98 Å². The first-order chi connectivity index (χ1) is 17.1. The number of halogens is 1. The lowest BCUT2D eigenvalue weighted by atomic mass is 10.2. The van der Waals surface area contributed by atoms with Crippen LogP contribution in [-0.4, -0.2) is 59.8 Å². The third-order valence-electron chi connectivity index (χ3n) is 6.19. The Labute approximate surface area is 218 Å². The second kappa shape index (κ2) is 11.1. The Kier molecular flexibility index (Phi) is 7.65. The van der Waals surface area contributed by atoms with Gasteiger partial charge in [0.05, 0.1) is 41.7 Å².